The van der Waals surface area contributed by atoms with Crippen molar-refractivity contribution < 1.29 is 4.39 Å². The molecule has 0 saturated heterocycles. The van der Waals surface area contributed by atoms with Crippen molar-refractivity contribution in [1.82, 2.24) is 0 Å². The van der Waals surface area contributed by atoms with Gasteiger partial charge in [0.1, 0.15) is 5.82 Å². The lowest BCUT2D eigenvalue weighted by molar-refractivity contribution is 0.618. The van der Waals surface area contributed by atoms with Crippen LogP contribution in [0.5, 0.6) is 0 Å². The second-order valence-corrected chi connectivity index (χ2v) is 6.76. The summed E-state index contributed by atoms with van der Waals surface area (Å²) < 4.78 is 13.1. The minimum absolute atomic E-state index is 0.00781. The zero-order valence-corrected chi connectivity index (χ0v) is 13.9. The summed E-state index contributed by atoms with van der Waals surface area (Å²) in [6, 6.07) is 11.7. The number of benzene rings is 2. The van der Waals surface area contributed by atoms with E-state index in [4.69, 9.17) is 28.9 Å². The predicted octanol–water partition coefficient (Wildman–Crippen LogP) is 5.70. The summed E-state index contributed by atoms with van der Waals surface area (Å²) in [6.07, 6.45) is 0.813. The fraction of sp³-hybridized carbons (Fsp3) is 0.250. The number of hydrogen-bond donors (Lipinski definition) is 1. The maximum Gasteiger partial charge on any atom is 0.123 e. The lowest BCUT2D eigenvalue weighted by Crippen LogP contribution is -2.25. The minimum atomic E-state index is -0.256. The first-order valence-electron chi connectivity index (χ1n) is 6.64. The summed E-state index contributed by atoms with van der Waals surface area (Å²) in [4.78, 5) is 0.877. The van der Waals surface area contributed by atoms with Gasteiger partial charge in [-0.2, -0.15) is 0 Å². The third kappa shape index (κ3) is 4.36. The largest absolute Gasteiger partial charge is 0.326 e. The highest BCUT2D eigenvalue weighted by molar-refractivity contribution is 7.99. The van der Waals surface area contributed by atoms with E-state index in [1.165, 1.54) is 12.1 Å². The molecule has 0 radical (unpaired) electrons. The van der Waals surface area contributed by atoms with E-state index in [1.807, 2.05) is 13.0 Å². The van der Waals surface area contributed by atoms with Crippen LogP contribution in [0, 0.1) is 5.82 Å². The molecule has 0 aromatic heterocycles. The Balaban J connectivity index is 2.32. The average molecular weight is 344 g/mol. The Bertz CT molecular complexity index is 604. The third-order valence-corrected chi connectivity index (χ3v) is 5.35. The first-order valence-corrected chi connectivity index (χ1v) is 8.27. The molecule has 2 N–H and O–H groups in total. The van der Waals surface area contributed by atoms with Crippen LogP contribution in [0.1, 0.15) is 24.2 Å². The van der Waals surface area contributed by atoms with Crippen LogP contribution in [0.15, 0.2) is 47.4 Å². The summed E-state index contributed by atoms with van der Waals surface area (Å²) >= 11 is 13.8. The maximum atomic E-state index is 13.1. The van der Waals surface area contributed by atoms with E-state index in [0.29, 0.717) is 10.0 Å². The molecule has 2 aromatic carbocycles. The van der Waals surface area contributed by atoms with E-state index in [9.17, 15) is 4.39 Å². The molecule has 0 aliphatic heterocycles. The zero-order chi connectivity index (χ0) is 15.4. The average Bonchev–Trinajstić information content (AvgIpc) is 2.48. The van der Waals surface area contributed by atoms with Gasteiger partial charge in [0.2, 0.25) is 0 Å². The number of thioether (sulfide) groups is 1. The van der Waals surface area contributed by atoms with Crippen LogP contribution in [0.25, 0.3) is 0 Å². The summed E-state index contributed by atoms with van der Waals surface area (Å²) in [5, 5.41) is 1.26. The molecular formula is C16H16Cl2FNS. The van der Waals surface area contributed by atoms with E-state index >= 15 is 0 Å². The van der Waals surface area contributed by atoms with Crippen molar-refractivity contribution in [2.24, 2.45) is 5.73 Å². The molecule has 0 spiro atoms. The van der Waals surface area contributed by atoms with E-state index < -0.39 is 0 Å². The lowest BCUT2D eigenvalue weighted by atomic mass is 10.0. The van der Waals surface area contributed by atoms with Crippen LogP contribution in [0.4, 0.5) is 4.39 Å². The lowest BCUT2D eigenvalue weighted by Gasteiger charge is -2.23. The van der Waals surface area contributed by atoms with Gasteiger partial charge in [-0.3, -0.25) is 0 Å². The van der Waals surface area contributed by atoms with E-state index in [-0.39, 0.29) is 17.1 Å². The molecule has 0 aliphatic rings. The van der Waals surface area contributed by atoms with Gasteiger partial charge in [-0.05, 0) is 42.3 Å². The number of rotatable bonds is 5. The molecule has 2 atom stereocenters. The molecule has 5 heteroatoms. The minimum Gasteiger partial charge on any atom is -0.326 e. The van der Waals surface area contributed by atoms with Crippen LogP contribution in [-0.2, 0) is 0 Å². The molecule has 0 fully saturated rings. The molecule has 0 saturated carbocycles. The van der Waals surface area contributed by atoms with Crippen molar-refractivity contribution in [2.75, 3.05) is 0 Å². The normalized spacial score (nSPS) is 14.0. The van der Waals surface area contributed by atoms with Gasteiger partial charge in [-0.25, -0.2) is 4.39 Å². The summed E-state index contributed by atoms with van der Waals surface area (Å²) in [5.41, 5.74) is 7.21. The van der Waals surface area contributed by atoms with Gasteiger partial charge < -0.3 is 5.73 Å². The van der Waals surface area contributed by atoms with Crippen molar-refractivity contribution in [1.29, 1.82) is 0 Å². The second-order valence-electron chi connectivity index (χ2n) is 4.74. The van der Waals surface area contributed by atoms with Gasteiger partial charge in [0.05, 0.1) is 5.02 Å². The maximum absolute atomic E-state index is 13.1. The molecule has 2 rings (SSSR count). The van der Waals surface area contributed by atoms with Gasteiger partial charge >= 0.3 is 0 Å². The first-order chi connectivity index (χ1) is 10.0. The van der Waals surface area contributed by atoms with Gasteiger partial charge in [-0.15, -0.1) is 11.8 Å². The van der Waals surface area contributed by atoms with Gasteiger partial charge in [0.25, 0.3) is 0 Å². The van der Waals surface area contributed by atoms with Crippen LogP contribution < -0.4 is 5.73 Å². The van der Waals surface area contributed by atoms with Gasteiger partial charge in [0.15, 0.2) is 0 Å². The second kappa shape index (κ2) is 7.50. The fourth-order valence-electron chi connectivity index (χ4n) is 1.97. The van der Waals surface area contributed by atoms with Crippen LogP contribution in [-0.4, -0.2) is 6.04 Å². The summed E-state index contributed by atoms with van der Waals surface area (Å²) in [7, 11) is 0. The van der Waals surface area contributed by atoms with Crippen molar-refractivity contribution in [3.05, 3.63) is 63.9 Å². The van der Waals surface area contributed by atoms with Crippen molar-refractivity contribution in [2.45, 2.75) is 29.5 Å². The Hall–Kier alpha value is -0.740. The van der Waals surface area contributed by atoms with Crippen molar-refractivity contribution in [3.63, 3.8) is 0 Å². The zero-order valence-electron chi connectivity index (χ0n) is 11.5. The monoisotopic (exact) mass is 343 g/mol. The molecule has 112 valence electrons. The highest BCUT2D eigenvalue weighted by atomic mass is 35.5. The number of halogens is 3. The molecule has 0 aliphatic carbocycles. The molecular weight excluding hydrogens is 328 g/mol. The molecule has 0 amide bonds. The number of hydrogen-bond acceptors (Lipinski definition) is 2. The molecule has 21 heavy (non-hydrogen) atoms. The van der Waals surface area contributed by atoms with E-state index in [0.717, 1.165) is 16.9 Å². The Labute approximate surface area is 138 Å². The van der Waals surface area contributed by atoms with Crippen LogP contribution in [0.3, 0.4) is 0 Å². The fourth-order valence-corrected chi connectivity index (χ4v) is 3.77. The van der Waals surface area contributed by atoms with Crippen molar-refractivity contribution >= 4 is 35.0 Å². The quantitative estimate of drug-likeness (QED) is 0.704. The van der Waals surface area contributed by atoms with Crippen LogP contribution in [0.2, 0.25) is 10.0 Å². The Morgan fingerprint density at radius 1 is 1.14 bits per heavy atom. The summed E-state index contributed by atoms with van der Waals surface area (Å²) in [5.74, 6) is -0.256. The number of nitrogens with two attached hydrogens (primary N) is 1. The molecule has 0 heterocycles. The highest BCUT2D eigenvalue weighted by Gasteiger charge is 2.21. The van der Waals surface area contributed by atoms with Crippen molar-refractivity contribution in [3.8, 4) is 0 Å². The smallest absolute Gasteiger partial charge is 0.123 e. The van der Waals surface area contributed by atoms with Crippen LogP contribution >= 0.6 is 35.0 Å². The summed E-state index contributed by atoms with van der Waals surface area (Å²) in [6.45, 7) is 2.03. The molecule has 2 unspecified atom stereocenters. The Kier molecular flexibility index (Phi) is 5.94. The Morgan fingerprint density at radius 3 is 2.43 bits per heavy atom. The van der Waals surface area contributed by atoms with E-state index in [1.54, 1.807) is 36.0 Å². The Morgan fingerprint density at radius 2 is 1.81 bits per heavy atom. The first kappa shape index (κ1) is 16.6. The molecule has 2 aromatic rings. The van der Waals surface area contributed by atoms with E-state index in [2.05, 4.69) is 0 Å². The third-order valence-electron chi connectivity index (χ3n) is 3.21. The SMILES string of the molecule is CCC(N)C(Sc1cc(Cl)ccc1Cl)c1ccc(F)cc1. The van der Waals surface area contributed by atoms with Gasteiger partial charge in [0, 0.05) is 21.2 Å². The highest BCUT2D eigenvalue weighted by Crippen LogP contribution is 2.41. The molecule has 0 bridgehead atoms. The predicted molar refractivity (Wildman–Crippen MR) is 89.7 cm³/mol. The molecule has 1 nitrogen and oxygen atoms in total. The van der Waals surface area contributed by atoms with Gasteiger partial charge in [-0.1, -0.05) is 42.3 Å². The topological polar surface area (TPSA) is 26.0 Å². The standard InChI is InChI=1S/C16H16Cl2FNS/c1-2-14(20)16(10-3-6-12(19)7-4-10)21-15-9-11(17)5-8-13(15)18/h3-9,14,16H,2,20H2,1H3.